The van der Waals surface area contributed by atoms with Crippen molar-refractivity contribution in [2.75, 3.05) is 22.3 Å². The van der Waals surface area contributed by atoms with Crippen molar-refractivity contribution in [3.63, 3.8) is 0 Å². The minimum atomic E-state index is -3.62. The van der Waals surface area contributed by atoms with E-state index in [1.54, 1.807) is 12.1 Å². The average Bonchev–Trinajstić information content (AvgIpc) is 3.25. The fourth-order valence-corrected chi connectivity index (χ4v) is 6.67. The first-order chi connectivity index (χ1) is 15.9. The zero-order valence-corrected chi connectivity index (χ0v) is 20.6. The van der Waals surface area contributed by atoms with Gasteiger partial charge < -0.3 is 4.90 Å². The Morgan fingerprint density at radius 3 is 2.48 bits per heavy atom. The zero-order chi connectivity index (χ0) is 23.0. The predicted octanol–water partition coefficient (Wildman–Crippen LogP) is 5.11. The standard InChI is InChI=1S/C26H25BrN2O3S/c27-22-10-13-24-21(18-22)15-17-28(24)26(30)14-9-19-7-11-23(12-8-19)33(31,32)29-16-3-5-20-4-1-2-6-25(20)29/h1-2,4,6-8,10-13,18H,3,5,9,14-17H2. The van der Waals surface area contributed by atoms with Gasteiger partial charge in [-0.25, -0.2) is 8.42 Å². The monoisotopic (exact) mass is 524 g/mol. The number of carbonyl (C=O) groups excluding carboxylic acids is 1. The summed E-state index contributed by atoms with van der Waals surface area (Å²) in [6.45, 7) is 1.20. The first-order valence-electron chi connectivity index (χ1n) is 11.2. The number of hydrogen-bond acceptors (Lipinski definition) is 3. The summed E-state index contributed by atoms with van der Waals surface area (Å²) in [4.78, 5) is 15.0. The second-order valence-corrected chi connectivity index (χ2v) is 11.3. The number of aryl methyl sites for hydroxylation is 2. The summed E-state index contributed by atoms with van der Waals surface area (Å²) in [5.74, 6) is 0.0951. The highest BCUT2D eigenvalue weighted by Gasteiger charge is 2.29. The van der Waals surface area contributed by atoms with E-state index in [4.69, 9.17) is 0 Å². The van der Waals surface area contributed by atoms with Crippen molar-refractivity contribution in [2.45, 2.75) is 37.0 Å². The largest absolute Gasteiger partial charge is 0.312 e. The topological polar surface area (TPSA) is 57.7 Å². The van der Waals surface area contributed by atoms with Gasteiger partial charge in [0, 0.05) is 29.7 Å². The quantitative estimate of drug-likeness (QED) is 0.465. The molecule has 0 atom stereocenters. The van der Waals surface area contributed by atoms with Crippen LogP contribution in [0.3, 0.4) is 0 Å². The maximum atomic E-state index is 13.3. The molecule has 5 rings (SSSR count). The molecule has 0 spiro atoms. The molecule has 0 aromatic heterocycles. The van der Waals surface area contributed by atoms with Gasteiger partial charge in [-0.2, -0.15) is 0 Å². The predicted molar refractivity (Wildman–Crippen MR) is 134 cm³/mol. The van der Waals surface area contributed by atoms with Crippen LogP contribution in [0.25, 0.3) is 0 Å². The third-order valence-corrected chi connectivity index (χ3v) is 8.77. The Balaban J connectivity index is 1.27. The van der Waals surface area contributed by atoms with Gasteiger partial charge in [-0.3, -0.25) is 9.10 Å². The summed E-state index contributed by atoms with van der Waals surface area (Å²) in [5.41, 5.74) is 4.98. The minimum Gasteiger partial charge on any atom is -0.312 e. The smallest absolute Gasteiger partial charge is 0.264 e. The molecule has 3 aromatic carbocycles. The van der Waals surface area contributed by atoms with Crippen molar-refractivity contribution in [3.05, 3.63) is 87.9 Å². The SMILES string of the molecule is O=C(CCc1ccc(S(=O)(=O)N2CCCc3ccccc32)cc1)N1CCc2cc(Br)ccc21. The normalized spacial score (nSPS) is 15.3. The lowest BCUT2D eigenvalue weighted by Crippen LogP contribution is -2.35. The van der Waals surface area contributed by atoms with E-state index in [9.17, 15) is 13.2 Å². The van der Waals surface area contributed by atoms with Crippen molar-refractivity contribution in [2.24, 2.45) is 0 Å². The lowest BCUT2D eigenvalue weighted by atomic mass is 10.0. The van der Waals surface area contributed by atoms with Gasteiger partial charge in [0.05, 0.1) is 10.6 Å². The molecule has 2 aliphatic heterocycles. The number of amides is 1. The maximum Gasteiger partial charge on any atom is 0.264 e. The summed E-state index contributed by atoms with van der Waals surface area (Å²) in [7, 11) is -3.62. The highest BCUT2D eigenvalue weighted by atomic mass is 79.9. The molecule has 0 N–H and O–H groups in total. The summed E-state index contributed by atoms with van der Waals surface area (Å²) < 4.78 is 29.2. The summed E-state index contributed by atoms with van der Waals surface area (Å²) in [6.07, 6.45) is 3.54. The first-order valence-corrected chi connectivity index (χ1v) is 13.5. The minimum absolute atomic E-state index is 0.0951. The van der Waals surface area contributed by atoms with Crippen LogP contribution in [0, 0.1) is 0 Å². The Morgan fingerprint density at radius 2 is 1.67 bits per heavy atom. The molecular formula is C26H25BrN2O3S. The van der Waals surface area contributed by atoms with Gasteiger partial charge in [-0.1, -0.05) is 46.3 Å². The highest BCUT2D eigenvalue weighted by Crippen LogP contribution is 2.33. The van der Waals surface area contributed by atoms with Crippen LogP contribution in [0.2, 0.25) is 0 Å². The Kier molecular flexibility index (Phi) is 6.01. The van der Waals surface area contributed by atoms with E-state index in [-0.39, 0.29) is 10.8 Å². The Hall–Kier alpha value is -2.64. The van der Waals surface area contributed by atoms with Gasteiger partial charge in [0.1, 0.15) is 0 Å². The number of benzene rings is 3. The Labute approximate surface area is 203 Å². The van der Waals surface area contributed by atoms with E-state index < -0.39 is 10.0 Å². The Bertz CT molecular complexity index is 1310. The molecule has 0 saturated heterocycles. The molecule has 0 radical (unpaired) electrons. The second kappa shape index (κ2) is 8.95. The third kappa shape index (κ3) is 4.32. The molecule has 0 unspecified atom stereocenters. The number of nitrogens with zero attached hydrogens (tertiary/aromatic N) is 2. The second-order valence-electron chi connectivity index (χ2n) is 8.52. The number of sulfonamides is 1. The molecule has 3 aromatic rings. The summed E-state index contributed by atoms with van der Waals surface area (Å²) in [6, 6.07) is 20.7. The lowest BCUT2D eigenvalue weighted by Gasteiger charge is -2.30. The van der Waals surface area contributed by atoms with Crippen LogP contribution in [-0.2, 0) is 34.1 Å². The molecule has 33 heavy (non-hydrogen) atoms. The molecule has 2 aliphatic rings. The molecule has 0 bridgehead atoms. The van der Waals surface area contributed by atoms with Crippen LogP contribution in [0.5, 0.6) is 0 Å². The van der Waals surface area contributed by atoms with Crippen molar-refractivity contribution < 1.29 is 13.2 Å². The average molecular weight is 525 g/mol. The van der Waals surface area contributed by atoms with Gasteiger partial charge in [0.15, 0.2) is 0 Å². The fraction of sp³-hybridized carbons (Fsp3) is 0.269. The van der Waals surface area contributed by atoms with E-state index in [2.05, 4.69) is 22.0 Å². The van der Waals surface area contributed by atoms with E-state index in [1.165, 1.54) is 9.87 Å². The lowest BCUT2D eigenvalue weighted by molar-refractivity contribution is -0.118. The van der Waals surface area contributed by atoms with E-state index in [0.29, 0.717) is 25.9 Å². The Morgan fingerprint density at radius 1 is 0.879 bits per heavy atom. The van der Waals surface area contributed by atoms with Crippen molar-refractivity contribution in [3.8, 4) is 0 Å². The van der Waals surface area contributed by atoms with Gasteiger partial charge in [0.25, 0.3) is 10.0 Å². The number of rotatable bonds is 5. The molecule has 170 valence electrons. The van der Waals surface area contributed by atoms with Crippen molar-refractivity contribution >= 4 is 43.2 Å². The molecule has 0 fully saturated rings. The number of para-hydroxylation sites is 1. The van der Waals surface area contributed by atoms with Crippen LogP contribution >= 0.6 is 15.9 Å². The molecule has 2 heterocycles. The molecule has 5 nitrogen and oxygen atoms in total. The highest BCUT2D eigenvalue weighted by molar-refractivity contribution is 9.10. The number of halogens is 1. The first kappa shape index (κ1) is 22.2. The molecular weight excluding hydrogens is 500 g/mol. The summed E-state index contributed by atoms with van der Waals surface area (Å²) >= 11 is 3.49. The van der Waals surface area contributed by atoms with Crippen molar-refractivity contribution in [1.29, 1.82) is 0 Å². The third-order valence-electron chi connectivity index (χ3n) is 6.44. The van der Waals surface area contributed by atoms with Crippen LogP contribution in [0.4, 0.5) is 11.4 Å². The van der Waals surface area contributed by atoms with Crippen LogP contribution in [-0.4, -0.2) is 27.4 Å². The van der Waals surface area contributed by atoms with Gasteiger partial charge in [0.2, 0.25) is 5.91 Å². The van der Waals surface area contributed by atoms with E-state index >= 15 is 0 Å². The van der Waals surface area contributed by atoms with Gasteiger partial charge in [-0.05, 0) is 78.8 Å². The van der Waals surface area contributed by atoms with Gasteiger partial charge >= 0.3 is 0 Å². The maximum absolute atomic E-state index is 13.3. The van der Waals surface area contributed by atoms with E-state index in [1.807, 2.05) is 53.4 Å². The number of fused-ring (bicyclic) bond motifs is 2. The van der Waals surface area contributed by atoms with Crippen molar-refractivity contribution in [1.82, 2.24) is 0 Å². The number of hydrogen-bond donors (Lipinski definition) is 0. The van der Waals surface area contributed by atoms with Crippen LogP contribution < -0.4 is 9.21 Å². The fourth-order valence-electron chi connectivity index (χ4n) is 4.72. The molecule has 0 aliphatic carbocycles. The molecule has 7 heteroatoms. The number of anilines is 2. The molecule has 0 saturated carbocycles. The number of carbonyl (C=O) groups is 1. The van der Waals surface area contributed by atoms with Gasteiger partial charge in [-0.15, -0.1) is 0 Å². The van der Waals surface area contributed by atoms with Crippen LogP contribution in [0.15, 0.2) is 76.1 Å². The molecule has 1 amide bonds. The van der Waals surface area contributed by atoms with E-state index in [0.717, 1.165) is 46.2 Å². The summed E-state index contributed by atoms with van der Waals surface area (Å²) in [5, 5.41) is 0. The zero-order valence-electron chi connectivity index (χ0n) is 18.2. The van der Waals surface area contributed by atoms with Crippen LogP contribution in [0.1, 0.15) is 29.5 Å².